The Hall–Kier alpha value is -1.84. The molecule has 1 aromatic heterocycles. The molecule has 1 aliphatic carbocycles. The summed E-state index contributed by atoms with van der Waals surface area (Å²) in [4.78, 5) is 11.0. The molecule has 1 heterocycles. The summed E-state index contributed by atoms with van der Waals surface area (Å²) in [6, 6.07) is 7.93. The van der Waals surface area contributed by atoms with Gasteiger partial charge in [-0.3, -0.25) is 9.48 Å². The van der Waals surface area contributed by atoms with Crippen molar-refractivity contribution >= 4 is 16.9 Å². The number of carbonyl (C=O) groups is 1. The largest absolute Gasteiger partial charge is 0.481 e. The second kappa shape index (κ2) is 3.32. The number of hydrogen-bond donors (Lipinski definition) is 1. The summed E-state index contributed by atoms with van der Waals surface area (Å²) in [6.07, 6.45) is 2.10. The van der Waals surface area contributed by atoms with Crippen LogP contribution in [0.4, 0.5) is 0 Å². The summed E-state index contributed by atoms with van der Waals surface area (Å²) in [7, 11) is 1.90. The molecule has 1 fully saturated rings. The first-order valence-corrected chi connectivity index (χ1v) is 5.76. The molecule has 17 heavy (non-hydrogen) atoms. The van der Waals surface area contributed by atoms with Gasteiger partial charge in [0.1, 0.15) is 0 Å². The van der Waals surface area contributed by atoms with Crippen LogP contribution in [0.15, 0.2) is 24.3 Å². The maximum atomic E-state index is 11.0. The Morgan fingerprint density at radius 1 is 1.47 bits per heavy atom. The van der Waals surface area contributed by atoms with E-state index in [0.717, 1.165) is 29.4 Å². The molecule has 0 amide bonds. The molecule has 1 aliphatic rings. The van der Waals surface area contributed by atoms with Crippen molar-refractivity contribution in [2.75, 3.05) is 0 Å². The Balaban J connectivity index is 2.17. The molecular formula is C13H14N2O2. The van der Waals surface area contributed by atoms with Crippen LogP contribution in [-0.2, 0) is 17.3 Å². The highest BCUT2D eigenvalue weighted by molar-refractivity contribution is 5.84. The number of aliphatic carboxylic acids is 1. The van der Waals surface area contributed by atoms with E-state index in [4.69, 9.17) is 5.11 Å². The van der Waals surface area contributed by atoms with Gasteiger partial charge < -0.3 is 5.11 Å². The number of hydrogen-bond acceptors (Lipinski definition) is 2. The van der Waals surface area contributed by atoms with Gasteiger partial charge in [0.25, 0.3) is 0 Å². The predicted molar refractivity (Wildman–Crippen MR) is 63.9 cm³/mol. The van der Waals surface area contributed by atoms with Gasteiger partial charge in [-0.1, -0.05) is 18.2 Å². The molecule has 0 saturated heterocycles. The van der Waals surface area contributed by atoms with Gasteiger partial charge in [-0.25, -0.2) is 0 Å². The Labute approximate surface area is 98.9 Å². The molecule has 0 unspecified atom stereocenters. The summed E-state index contributed by atoms with van der Waals surface area (Å²) in [5.41, 5.74) is 1.84. The smallest absolute Gasteiger partial charge is 0.304 e. The van der Waals surface area contributed by atoms with Crippen LogP contribution in [-0.4, -0.2) is 20.9 Å². The van der Waals surface area contributed by atoms with Crippen molar-refractivity contribution in [3.63, 3.8) is 0 Å². The first-order chi connectivity index (χ1) is 8.12. The van der Waals surface area contributed by atoms with Gasteiger partial charge in [-0.05, 0) is 18.9 Å². The summed E-state index contributed by atoms with van der Waals surface area (Å²) < 4.78 is 1.85. The van der Waals surface area contributed by atoms with E-state index >= 15 is 0 Å². The standard InChI is InChI=1S/C13H14N2O2/c1-15-12(13(6-7-13)8-11(16)17)9-4-2-3-5-10(9)14-15/h2-5H,6-8H2,1H3,(H,16,17). The Morgan fingerprint density at radius 2 is 2.18 bits per heavy atom. The maximum Gasteiger partial charge on any atom is 0.304 e. The van der Waals surface area contributed by atoms with E-state index in [1.165, 1.54) is 0 Å². The van der Waals surface area contributed by atoms with E-state index in [-0.39, 0.29) is 11.8 Å². The molecule has 0 spiro atoms. The number of fused-ring (bicyclic) bond motifs is 1. The quantitative estimate of drug-likeness (QED) is 0.878. The van der Waals surface area contributed by atoms with E-state index in [2.05, 4.69) is 5.10 Å². The SMILES string of the molecule is Cn1nc2ccccc2c1C1(CC(=O)O)CC1. The molecular weight excluding hydrogens is 216 g/mol. The second-order valence-electron chi connectivity index (χ2n) is 4.84. The molecule has 1 aromatic carbocycles. The van der Waals surface area contributed by atoms with Crippen molar-refractivity contribution in [1.82, 2.24) is 9.78 Å². The molecule has 3 rings (SSSR count). The topological polar surface area (TPSA) is 55.1 Å². The van der Waals surface area contributed by atoms with Gasteiger partial charge in [-0.2, -0.15) is 5.10 Å². The number of benzene rings is 1. The maximum absolute atomic E-state index is 11.0. The summed E-state index contributed by atoms with van der Waals surface area (Å²) in [5.74, 6) is -0.729. The van der Waals surface area contributed by atoms with Crippen molar-refractivity contribution in [3.8, 4) is 0 Å². The highest BCUT2D eigenvalue weighted by atomic mass is 16.4. The van der Waals surface area contributed by atoms with E-state index in [1.807, 2.05) is 36.0 Å². The van der Waals surface area contributed by atoms with Crippen LogP contribution in [0.3, 0.4) is 0 Å². The zero-order chi connectivity index (χ0) is 12.0. The van der Waals surface area contributed by atoms with Crippen LogP contribution in [0.2, 0.25) is 0 Å². The number of carboxylic acid groups (broad SMARTS) is 1. The van der Waals surface area contributed by atoms with Crippen molar-refractivity contribution in [1.29, 1.82) is 0 Å². The first-order valence-electron chi connectivity index (χ1n) is 5.76. The lowest BCUT2D eigenvalue weighted by Crippen LogP contribution is -2.17. The normalized spacial score (nSPS) is 17.2. The highest BCUT2D eigenvalue weighted by Crippen LogP contribution is 2.52. The third-order valence-corrected chi connectivity index (χ3v) is 3.59. The number of carboxylic acids is 1. The Morgan fingerprint density at radius 3 is 2.82 bits per heavy atom. The molecule has 4 heteroatoms. The lowest BCUT2D eigenvalue weighted by molar-refractivity contribution is -0.137. The number of nitrogens with zero attached hydrogens (tertiary/aromatic N) is 2. The molecule has 1 N–H and O–H groups in total. The molecule has 0 bridgehead atoms. The average Bonchev–Trinajstić information content (AvgIpc) is 2.92. The van der Waals surface area contributed by atoms with E-state index in [1.54, 1.807) is 0 Å². The highest BCUT2D eigenvalue weighted by Gasteiger charge is 2.49. The summed E-state index contributed by atoms with van der Waals surface area (Å²) in [6.45, 7) is 0. The molecule has 0 aliphatic heterocycles. The minimum Gasteiger partial charge on any atom is -0.481 e. The van der Waals surface area contributed by atoms with Gasteiger partial charge in [-0.15, -0.1) is 0 Å². The fraction of sp³-hybridized carbons (Fsp3) is 0.385. The number of aromatic nitrogens is 2. The molecule has 1 saturated carbocycles. The number of rotatable bonds is 3. The molecule has 88 valence electrons. The van der Waals surface area contributed by atoms with Crippen molar-refractivity contribution in [2.24, 2.45) is 7.05 Å². The van der Waals surface area contributed by atoms with Gasteiger partial charge in [0.05, 0.1) is 17.6 Å². The monoisotopic (exact) mass is 230 g/mol. The van der Waals surface area contributed by atoms with Crippen LogP contribution in [0, 0.1) is 0 Å². The van der Waals surface area contributed by atoms with Crippen LogP contribution in [0.25, 0.3) is 10.9 Å². The Kier molecular flexibility index (Phi) is 2.02. The summed E-state index contributed by atoms with van der Waals surface area (Å²) >= 11 is 0. The first kappa shape index (κ1) is 10.3. The van der Waals surface area contributed by atoms with Crippen molar-refractivity contribution in [3.05, 3.63) is 30.0 Å². The van der Waals surface area contributed by atoms with Crippen molar-refractivity contribution in [2.45, 2.75) is 24.7 Å². The van der Waals surface area contributed by atoms with Gasteiger partial charge >= 0.3 is 5.97 Å². The zero-order valence-corrected chi connectivity index (χ0v) is 9.68. The van der Waals surface area contributed by atoms with E-state index < -0.39 is 5.97 Å². The van der Waals surface area contributed by atoms with Gasteiger partial charge in [0.15, 0.2) is 0 Å². The fourth-order valence-corrected chi connectivity index (χ4v) is 2.71. The average molecular weight is 230 g/mol. The molecule has 0 atom stereocenters. The van der Waals surface area contributed by atoms with Crippen LogP contribution in [0.5, 0.6) is 0 Å². The summed E-state index contributed by atoms with van der Waals surface area (Å²) in [5, 5.41) is 14.6. The van der Waals surface area contributed by atoms with E-state index in [0.29, 0.717) is 0 Å². The fourth-order valence-electron chi connectivity index (χ4n) is 2.71. The number of aryl methyl sites for hydroxylation is 1. The lowest BCUT2D eigenvalue weighted by Gasteiger charge is -2.13. The third kappa shape index (κ3) is 1.52. The van der Waals surface area contributed by atoms with E-state index in [9.17, 15) is 4.79 Å². The van der Waals surface area contributed by atoms with Gasteiger partial charge in [0.2, 0.25) is 0 Å². The molecule has 4 nitrogen and oxygen atoms in total. The zero-order valence-electron chi connectivity index (χ0n) is 9.68. The minimum atomic E-state index is -0.729. The molecule has 0 radical (unpaired) electrons. The molecule has 2 aromatic rings. The van der Waals surface area contributed by atoms with Crippen LogP contribution < -0.4 is 0 Å². The predicted octanol–water partition coefficient (Wildman–Crippen LogP) is 2.08. The lowest BCUT2D eigenvalue weighted by atomic mass is 9.95. The van der Waals surface area contributed by atoms with Crippen molar-refractivity contribution < 1.29 is 9.90 Å². The van der Waals surface area contributed by atoms with Crippen LogP contribution >= 0.6 is 0 Å². The van der Waals surface area contributed by atoms with Crippen LogP contribution in [0.1, 0.15) is 25.0 Å². The minimum absolute atomic E-state index is 0.184. The Bertz CT molecular complexity index is 596. The van der Waals surface area contributed by atoms with Gasteiger partial charge in [0, 0.05) is 17.8 Å². The third-order valence-electron chi connectivity index (χ3n) is 3.59. The second-order valence-corrected chi connectivity index (χ2v) is 4.84.